The first-order valence-electron chi connectivity index (χ1n) is 5.86. The quantitative estimate of drug-likeness (QED) is 0.791. The van der Waals surface area contributed by atoms with E-state index in [1.54, 1.807) is 0 Å². The molecule has 0 bridgehead atoms. The maximum atomic E-state index is 9.15. The first-order chi connectivity index (χ1) is 7.99. The van der Waals surface area contributed by atoms with Gasteiger partial charge in [0.25, 0.3) is 0 Å². The lowest BCUT2D eigenvalue weighted by Gasteiger charge is -2.15. The monoisotopic (exact) mass is 227 g/mol. The fraction of sp³-hybridized carbons (Fsp3) is 0.429. The second kappa shape index (κ2) is 3.89. The third kappa shape index (κ3) is 1.80. The third-order valence-corrected chi connectivity index (χ3v) is 3.29. The molecule has 0 amide bonds. The Bertz CT molecular complexity index is 600. The van der Waals surface area contributed by atoms with Gasteiger partial charge in [-0.15, -0.1) is 0 Å². The SMILES string of the molecule is CCc1nc2cc(C(C)(C)C#N)ccc2n1C. The van der Waals surface area contributed by atoms with Crippen LogP contribution in [0, 0.1) is 11.3 Å². The summed E-state index contributed by atoms with van der Waals surface area (Å²) in [5.41, 5.74) is 2.66. The van der Waals surface area contributed by atoms with Crippen molar-refractivity contribution in [1.29, 1.82) is 5.26 Å². The molecule has 0 fully saturated rings. The van der Waals surface area contributed by atoms with Gasteiger partial charge in [-0.05, 0) is 31.5 Å². The van der Waals surface area contributed by atoms with Gasteiger partial charge in [0.05, 0.1) is 22.5 Å². The number of nitriles is 1. The van der Waals surface area contributed by atoms with E-state index in [9.17, 15) is 0 Å². The number of hydrogen-bond donors (Lipinski definition) is 0. The van der Waals surface area contributed by atoms with E-state index < -0.39 is 5.41 Å². The van der Waals surface area contributed by atoms with Crippen LogP contribution in [0.15, 0.2) is 18.2 Å². The molecule has 0 radical (unpaired) electrons. The van der Waals surface area contributed by atoms with E-state index in [4.69, 9.17) is 5.26 Å². The van der Waals surface area contributed by atoms with Crippen LogP contribution in [0.4, 0.5) is 0 Å². The summed E-state index contributed by atoms with van der Waals surface area (Å²) in [6.07, 6.45) is 0.919. The number of fused-ring (bicyclic) bond motifs is 1. The maximum absolute atomic E-state index is 9.15. The van der Waals surface area contributed by atoms with Gasteiger partial charge in [0.1, 0.15) is 5.82 Å². The van der Waals surface area contributed by atoms with Crippen LogP contribution >= 0.6 is 0 Å². The normalized spacial score (nSPS) is 11.7. The third-order valence-electron chi connectivity index (χ3n) is 3.29. The van der Waals surface area contributed by atoms with Crippen molar-refractivity contribution in [2.45, 2.75) is 32.6 Å². The first kappa shape index (κ1) is 11.7. The molecule has 3 heteroatoms. The number of nitrogens with zero attached hydrogens (tertiary/aromatic N) is 3. The zero-order chi connectivity index (χ0) is 12.6. The molecule has 0 N–H and O–H groups in total. The Kier molecular flexibility index (Phi) is 2.66. The summed E-state index contributed by atoms with van der Waals surface area (Å²) in [6, 6.07) is 8.42. The molecule has 0 aliphatic carbocycles. The number of hydrogen-bond acceptors (Lipinski definition) is 2. The number of aromatic nitrogens is 2. The molecule has 17 heavy (non-hydrogen) atoms. The van der Waals surface area contributed by atoms with E-state index in [1.165, 1.54) is 0 Å². The van der Waals surface area contributed by atoms with Gasteiger partial charge >= 0.3 is 0 Å². The zero-order valence-corrected chi connectivity index (χ0v) is 10.8. The average molecular weight is 227 g/mol. The number of aryl methyl sites for hydroxylation is 2. The molecular formula is C14H17N3. The van der Waals surface area contributed by atoms with E-state index in [0.29, 0.717) is 0 Å². The second-order valence-electron chi connectivity index (χ2n) is 4.88. The van der Waals surface area contributed by atoms with Gasteiger partial charge in [-0.2, -0.15) is 5.26 Å². The molecule has 2 rings (SSSR count). The van der Waals surface area contributed by atoms with Crippen LogP contribution in [-0.4, -0.2) is 9.55 Å². The molecule has 0 atom stereocenters. The number of imidazole rings is 1. The van der Waals surface area contributed by atoms with Crippen molar-refractivity contribution in [3.8, 4) is 6.07 Å². The van der Waals surface area contributed by atoms with Crippen LogP contribution in [0.2, 0.25) is 0 Å². The topological polar surface area (TPSA) is 41.6 Å². The van der Waals surface area contributed by atoms with Crippen LogP contribution < -0.4 is 0 Å². The fourth-order valence-electron chi connectivity index (χ4n) is 2.02. The highest BCUT2D eigenvalue weighted by Crippen LogP contribution is 2.26. The molecule has 0 aliphatic rings. The number of benzene rings is 1. The minimum atomic E-state index is -0.460. The lowest BCUT2D eigenvalue weighted by Crippen LogP contribution is -2.13. The van der Waals surface area contributed by atoms with Gasteiger partial charge in [-0.3, -0.25) is 0 Å². The second-order valence-corrected chi connectivity index (χ2v) is 4.88. The van der Waals surface area contributed by atoms with Crippen molar-refractivity contribution in [3.05, 3.63) is 29.6 Å². The number of rotatable bonds is 2. The van der Waals surface area contributed by atoms with Gasteiger partial charge in [-0.25, -0.2) is 4.98 Å². The molecule has 1 heterocycles. The largest absolute Gasteiger partial charge is 0.331 e. The Labute approximate surface area is 102 Å². The van der Waals surface area contributed by atoms with Gasteiger partial charge in [-0.1, -0.05) is 13.0 Å². The van der Waals surface area contributed by atoms with E-state index in [0.717, 1.165) is 28.8 Å². The highest BCUT2D eigenvalue weighted by Gasteiger charge is 2.20. The lowest BCUT2D eigenvalue weighted by molar-refractivity contribution is 0.688. The van der Waals surface area contributed by atoms with E-state index >= 15 is 0 Å². The molecule has 3 nitrogen and oxygen atoms in total. The van der Waals surface area contributed by atoms with Crippen molar-refractivity contribution >= 4 is 11.0 Å². The van der Waals surface area contributed by atoms with Crippen LogP contribution in [0.5, 0.6) is 0 Å². The summed E-state index contributed by atoms with van der Waals surface area (Å²) in [5.74, 6) is 1.08. The molecule has 2 aromatic rings. The van der Waals surface area contributed by atoms with Gasteiger partial charge < -0.3 is 4.57 Å². The lowest BCUT2D eigenvalue weighted by atomic mass is 9.86. The highest BCUT2D eigenvalue weighted by molar-refractivity contribution is 5.77. The average Bonchev–Trinajstić information content (AvgIpc) is 2.65. The van der Waals surface area contributed by atoms with E-state index in [-0.39, 0.29) is 0 Å². The van der Waals surface area contributed by atoms with Crippen LogP contribution in [0.3, 0.4) is 0 Å². The zero-order valence-electron chi connectivity index (χ0n) is 10.8. The maximum Gasteiger partial charge on any atom is 0.109 e. The molecule has 1 aromatic carbocycles. The Morgan fingerprint density at radius 3 is 2.71 bits per heavy atom. The predicted octanol–water partition coefficient (Wildman–Crippen LogP) is 2.94. The molecule has 0 saturated heterocycles. The van der Waals surface area contributed by atoms with Gasteiger partial charge in [0.2, 0.25) is 0 Å². The van der Waals surface area contributed by atoms with E-state index in [2.05, 4.69) is 28.6 Å². The minimum absolute atomic E-state index is 0.460. The van der Waals surface area contributed by atoms with Crippen molar-refractivity contribution in [2.24, 2.45) is 7.05 Å². The fourth-order valence-corrected chi connectivity index (χ4v) is 2.02. The Morgan fingerprint density at radius 2 is 2.12 bits per heavy atom. The molecule has 88 valence electrons. The smallest absolute Gasteiger partial charge is 0.109 e. The van der Waals surface area contributed by atoms with Crippen LogP contribution in [0.1, 0.15) is 32.2 Å². The van der Waals surface area contributed by atoms with Crippen molar-refractivity contribution in [2.75, 3.05) is 0 Å². The Hall–Kier alpha value is -1.82. The molecule has 0 aliphatic heterocycles. The summed E-state index contributed by atoms with van der Waals surface area (Å²) in [7, 11) is 2.03. The first-order valence-corrected chi connectivity index (χ1v) is 5.86. The van der Waals surface area contributed by atoms with Crippen LogP contribution in [-0.2, 0) is 18.9 Å². The molecule has 0 spiro atoms. The van der Waals surface area contributed by atoms with E-state index in [1.807, 2.05) is 33.0 Å². The minimum Gasteiger partial charge on any atom is -0.331 e. The Morgan fingerprint density at radius 1 is 1.41 bits per heavy atom. The molecule has 1 aromatic heterocycles. The van der Waals surface area contributed by atoms with Crippen molar-refractivity contribution in [3.63, 3.8) is 0 Å². The van der Waals surface area contributed by atoms with Crippen molar-refractivity contribution < 1.29 is 0 Å². The van der Waals surface area contributed by atoms with Gasteiger partial charge in [0.15, 0.2) is 0 Å². The summed E-state index contributed by atoms with van der Waals surface area (Å²) >= 11 is 0. The van der Waals surface area contributed by atoms with Crippen molar-refractivity contribution in [1.82, 2.24) is 9.55 Å². The van der Waals surface area contributed by atoms with Gasteiger partial charge in [0, 0.05) is 13.5 Å². The molecule has 0 unspecified atom stereocenters. The Balaban J connectivity index is 2.64. The standard InChI is InChI=1S/C14H17N3/c1-5-13-16-11-8-10(14(2,3)9-15)6-7-12(11)17(13)4/h6-8H,5H2,1-4H3. The summed E-state index contributed by atoms with van der Waals surface area (Å²) < 4.78 is 2.11. The highest BCUT2D eigenvalue weighted by atomic mass is 15.1. The summed E-state index contributed by atoms with van der Waals surface area (Å²) in [6.45, 7) is 5.96. The molecular weight excluding hydrogens is 210 g/mol. The summed E-state index contributed by atoms with van der Waals surface area (Å²) in [5, 5.41) is 9.15. The molecule has 0 saturated carbocycles. The summed E-state index contributed by atoms with van der Waals surface area (Å²) in [4.78, 5) is 4.59. The predicted molar refractivity (Wildman–Crippen MR) is 68.7 cm³/mol. The van der Waals surface area contributed by atoms with Crippen LogP contribution in [0.25, 0.3) is 11.0 Å².